The zero-order valence-corrected chi connectivity index (χ0v) is 6.91. The molecule has 0 amide bonds. The minimum absolute atomic E-state index is 0.180. The van der Waals surface area contributed by atoms with E-state index < -0.39 is 5.97 Å². The maximum Gasteiger partial charge on any atom is 0.367 e. The van der Waals surface area contributed by atoms with E-state index in [0.29, 0.717) is 5.00 Å². The van der Waals surface area contributed by atoms with Gasteiger partial charge in [-0.3, -0.25) is 0 Å². The van der Waals surface area contributed by atoms with Gasteiger partial charge in [0.25, 0.3) is 0 Å². The predicted molar refractivity (Wildman–Crippen MR) is 42.3 cm³/mol. The van der Waals surface area contributed by atoms with Gasteiger partial charge in [-0.05, 0) is 10.6 Å². The minimum Gasteiger partial charge on any atom is -0.464 e. The molecule has 7 heteroatoms. The summed E-state index contributed by atoms with van der Waals surface area (Å²) in [5, 5.41) is 3.80. The van der Waals surface area contributed by atoms with Gasteiger partial charge in [0.15, 0.2) is 0 Å². The molecule has 0 saturated heterocycles. The lowest BCUT2D eigenvalue weighted by Gasteiger charge is -1.89. The Kier molecular flexibility index (Phi) is 2.62. The summed E-state index contributed by atoms with van der Waals surface area (Å²) in [6.45, 7) is 0. The molecule has 0 spiro atoms. The number of nitrogens with zero attached hydrogens (tertiary/aromatic N) is 4. The van der Waals surface area contributed by atoms with E-state index in [1.54, 1.807) is 0 Å². The lowest BCUT2D eigenvalue weighted by Crippen LogP contribution is -1.98. The molecule has 1 aromatic rings. The summed E-state index contributed by atoms with van der Waals surface area (Å²) in [7, 11) is 1.26. The van der Waals surface area contributed by atoms with Crippen LogP contribution in [-0.4, -0.2) is 18.1 Å². The average Bonchev–Trinajstić information content (AvgIpc) is 2.52. The zero-order valence-electron chi connectivity index (χ0n) is 6.09. The highest BCUT2D eigenvalue weighted by atomic mass is 32.1. The van der Waals surface area contributed by atoms with Crippen molar-refractivity contribution in [1.29, 1.82) is 0 Å². The van der Waals surface area contributed by atoms with Gasteiger partial charge >= 0.3 is 5.97 Å². The van der Waals surface area contributed by atoms with E-state index in [1.165, 1.54) is 13.3 Å². The first-order valence-electron chi connectivity index (χ1n) is 2.87. The van der Waals surface area contributed by atoms with Crippen LogP contribution >= 0.6 is 11.3 Å². The van der Waals surface area contributed by atoms with Crippen LogP contribution in [0.2, 0.25) is 0 Å². The Bertz CT molecular complexity index is 341. The van der Waals surface area contributed by atoms with Crippen LogP contribution in [0.3, 0.4) is 0 Å². The van der Waals surface area contributed by atoms with Crippen LogP contribution in [0.1, 0.15) is 9.80 Å². The molecule has 0 aromatic carbocycles. The van der Waals surface area contributed by atoms with Crippen molar-refractivity contribution >= 4 is 22.3 Å². The van der Waals surface area contributed by atoms with Gasteiger partial charge in [-0.1, -0.05) is 0 Å². The zero-order chi connectivity index (χ0) is 8.97. The Morgan fingerprint density at radius 3 is 3.25 bits per heavy atom. The van der Waals surface area contributed by atoms with Gasteiger partial charge in [-0.15, -0.1) is 11.3 Å². The van der Waals surface area contributed by atoms with Crippen LogP contribution in [-0.2, 0) is 4.74 Å². The summed E-state index contributed by atoms with van der Waals surface area (Å²) >= 11 is 0.984. The van der Waals surface area contributed by atoms with Gasteiger partial charge in [0, 0.05) is 11.1 Å². The molecular formula is C5H4N4O2S. The topological polar surface area (TPSA) is 88.0 Å². The van der Waals surface area contributed by atoms with Crippen LogP contribution in [0, 0.1) is 0 Å². The number of hydrogen-bond donors (Lipinski definition) is 0. The molecule has 0 N–H and O–H groups in total. The molecule has 1 rings (SSSR count). The maximum atomic E-state index is 10.8. The van der Waals surface area contributed by atoms with Crippen molar-refractivity contribution < 1.29 is 9.53 Å². The van der Waals surface area contributed by atoms with Gasteiger partial charge in [0.05, 0.1) is 7.11 Å². The van der Waals surface area contributed by atoms with Gasteiger partial charge in [-0.25, -0.2) is 9.78 Å². The fourth-order valence-electron chi connectivity index (χ4n) is 0.538. The van der Waals surface area contributed by atoms with Crippen molar-refractivity contribution in [2.75, 3.05) is 7.11 Å². The molecule has 0 aliphatic heterocycles. The third-order valence-electron chi connectivity index (χ3n) is 0.997. The summed E-state index contributed by atoms with van der Waals surface area (Å²) in [6.07, 6.45) is 1.32. The minimum atomic E-state index is -0.528. The Labute approximate surface area is 71.4 Å². The second-order valence-corrected chi connectivity index (χ2v) is 2.69. The summed E-state index contributed by atoms with van der Waals surface area (Å²) in [5.74, 6) is -0.528. The van der Waals surface area contributed by atoms with E-state index in [2.05, 4.69) is 19.7 Å². The fraction of sp³-hybridized carbons (Fsp3) is 0.200. The number of aromatic nitrogens is 1. The molecule has 62 valence electrons. The lowest BCUT2D eigenvalue weighted by molar-refractivity contribution is 0.0600. The van der Waals surface area contributed by atoms with E-state index in [-0.39, 0.29) is 5.01 Å². The number of esters is 1. The molecule has 0 aliphatic carbocycles. The number of methoxy groups -OCH3 is 1. The van der Waals surface area contributed by atoms with Crippen molar-refractivity contribution in [1.82, 2.24) is 4.98 Å². The number of rotatable bonds is 2. The van der Waals surface area contributed by atoms with Crippen LogP contribution in [0.5, 0.6) is 0 Å². The Morgan fingerprint density at radius 1 is 1.92 bits per heavy atom. The highest BCUT2D eigenvalue weighted by Gasteiger charge is 2.09. The molecule has 0 unspecified atom stereocenters. The maximum absolute atomic E-state index is 10.8. The largest absolute Gasteiger partial charge is 0.464 e. The second-order valence-electron chi connectivity index (χ2n) is 1.68. The number of thiazole rings is 1. The molecule has 0 bridgehead atoms. The first-order valence-corrected chi connectivity index (χ1v) is 3.69. The number of ether oxygens (including phenoxy) is 1. The summed E-state index contributed by atoms with van der Waals surface area (Å²) in [6, 6.07) is 0. The summed E-state index contributed by atoms with van der Waals surface area (Å²) in [5.41, 5.74) is 8.05. The first-order chi connectivity index (χ1) is 5.77. The van der Waals surface area contributed by atoms with Crippen molar-refractivity contribution in [3.63, 3.8) is 0 Å². The number of azide groups is 1. The van der Waals surface area contributed by atoms with Crippen molar-refractivity contribution in [2.24, 2.45) is 5.11 Å². The Hall–Kier alpha value is -1.59. The van der Waals surface area contributed by atoms with Crippen molar-refractivity contribution in [3.05, 3.63) is 21.6 Å². The molecule has 0 aliphatic rings. The van der Waals surface area contributed by atoms with E-state index in [0.717, 1.165) is 11.3 Å². The van der Waals surface area contributed by atoms with E-state index in [9.17, 15) is 4.79 Å². The van der Waals surface area contributed by atoms with Crippen LogP contribution < -0.4 is 0 Å². The number of hydrogen-bond acceptors (Lipinski definition) is 5. The highest BCUT2D eigenvalue weighted by Crippen LogP contribution is 2.22. The van der Waals surface area contributed by atoms with Crippen LogP contribution in [0.4, 0.5) is 5.00 Å². The second kappa shape index (κ2) is 3.70. The number of carbonyl (C=O) groups excluding carboxylic acids is 1. The third kappa shape index (κ3) is 1.71. The van der Waals surface area contributed by atoms with Gasteiger partial charge < -0.3 is 4.74 Å². The molecule has 1 aromatic heterocycles. The molecule has 0 atom stereocenters. The molecule has 0 fully saturated rings. The third-order valence-corrected chi connectivity index (χ3v) is 1.86. The molecule has 0 saturated carbocycles. The molecular weight excluding hydrogens is 180 g/mol. The monoisotopic (exact) mass is 184 g/mol. The first kappa shape index (κ1) is 8.51. The molecule has 1 heterocycles. The average molecular weight is 184 g/mol. The quantitative estimate of drug-likeness (QED) is 0.304. The van der Waals surface area contributed by atoms with Gasteiger partial charge in [-0.2, -0.15) is 0 Å². The van der Waals surface area contributed by atoms with E-state index in [4.69, 9.17) is 5.53 Å². The smallest absolute Gasteiger partial charge is 0.367 e. The van der Waals surface area contributed by atoms with Crippen molar-refractivity contribution in [2.45, 2.75) is 0 Å². The number of carbonyl (C=O) groups is 1. The lowest BCUT2D eigenvalue weighted by atomic mass is 10.7. The normalized spacial score (nSPS) is 8.75. The summed E-state index contributed by atoms with van der Waals surface area (Å²) in [4.78, 5) is 17.1. The summed E-state index contributed by atoms with van der Waals surface area (Å²) < 4.78 is 4.40. The Balaban J connectivity index is 2.91. The molecule has 6 nitrogen and oxygen atoms in total. The van der Waals surface area contributed by atoms with E-state index >= 15 is 0 Å². The van der Waals surface area contributed by atoms with E-state index in [1.807, 2.05) is 0 Å². The SMILES string of the molecule is COC(=O)c1ncc(N=[N+]=[N-])s1. The fourth-order valence-corrected chi connectivity index (χ4v) is 1.19. The predicted octanol–water partition coefficient (Wildman–Crippen LogP) is 1.87. The highest BCUT2D eigenvalue weighted by molar-refractivity contribution is 7.17. The van der Waals surface area contributed by atoms with Crippen LogP contribution in [0.15, 0.2) is 11.3 Å². The van der Waals surface area contributed by atoms with Gasteiger partial charge in [0.1, 0.15) is 5.00 Å². The molecule has 12 heavy (non-hydrogen) atoms. The van der Waals surface area contributed by atoms with Crippen LogP contribution in [0.25, 0.3) is 10.4 Å². The standard InChI is InChI=1S/C5H4N4O2S/c1-11-5(10)4-7-2-3(12-4)8-9-6/h2H,1H3. The van der Waals surface area contributed by atoms with Crippen molar-refractivity contribution in [3.8, 4) is 0 Å². The molecule has 0 radical (unpaired) electrons. The Morgan fingerprint density at radius 2 is 2.67 bits per heavy atom. The van der Waals surface area contributed by atoms with Gasteiger partial charge in [0.2, 0.25) is 5.01 Å².